The summed E-state index contributed by atoms with van der Waals surface area (Å²) >= 11 is -4.92. The van der Waals surface area contributed by atoms with Gasteiger partial charge in [-0.15, -0.1) is 0 Å². The molecule has 0 nitrogen and oxygen atoms in total. The number of rotatable bonds is 4. The first-order chi connectivity index (χ1) is 11.4. The fourth-order valence-electron chi connectivity index (χ4n) is 1.08. The maximum atomic E-state index is 12.6. The molecule has 0 saturated heterocycles. The average molecular weight is 516 g/mol. The summed E-state index contributed by atoms with van der Waals surface area (Å²) in [5, 5.41) is 0. The lowest BCUT2D eigenvalue weighted by atomic mass is 10.6. The molecule has 0 bridgehead atoms. The standard InChI is InChI=1S/C8F12S6/c9-5(10,11)21-1-2(22-6(12,13)14)4(24-8(18,19)20)26-25-3(1)23-7(15,16)17. The maximum Gasteiger partial charge on any atom is 0.446 e. The summed E-state index contributed by atoms with van der Waals surface area (Å²) in [6, 6.07) is 0. The lowest BCUT2D eigenvalue weighted by molar-refractivity contribution is -0.0338. The number of alkyl halides is 12. The predicted molar refractivity (Wildman–Crippen MR) is 83.8 cm³/mol. The SMILES string of the molecule is FC(F)(F)SC1=C(SC(F)(F)F)C(SC(F)(F)F)=C(SC(F)(F)F)SS1. The Hall–Kier alpha value is 0.740. The van der Waals surface area contributed by atoms with Crippen molar-refractivity contribution in [1.82, 2.24) is 0 Å². The maximum absolute atomic E-state index is 12.6. The van der Waals surface area contributed by atoms with Gasteiger partial charge in [-0.05, 0) is 68.6 Å². The Balaban J connectivity index is 3.51. The van der Waals surface area contributed by atoms with Gasteiger partial charge in [0.2, 0.25) is 0 Å². The van der Waals surface area contributed by atoms with E-state index in [9.17, 15) is 52.7 Å². The van der Waals surface area contributed by atoms with Gasteiger partial charge in [0.05, 0.1) is 18.3 Å². The average Bonchev–Trinajstić information content (AvgIpc) is 2.30. The Bertz CT molecular complexity index is 526. The first-order valence-electron chi connectivity index (χ1n) is 5.23. The fraction of sp³-hybridized carbons (Fsp3) is 0.500. The predicted octanol–water partition coefficient (Wildman–Crippen LogP) is 8.73. The van der Waals surface area contributed by atoms with Gasteiger partial charge in [-0.3, -0.25) is 0 Å². The first-order valence-corrected chi connectivity index (χ1v) is 10.6. The van der Waals surface area contributed by atoms with Gasteiger partial charge in [0.15, 0.2) is 0 Å². The molecule has 0 aromatic heterocycles. The molecule has 0 saturated carbocycles. The zero-order valence-corrected chi connectivity index (χ0v) is 15.9. The van der Waals surface area contributed by atoms with Gasteiger partial charge in [0.25, 0.3) is 0 Å². The van der Waals surface area contributed by atoms with Crippen LogP contribution in [0.25, 0.3) is 0 Å². The fourth-order valence-corrected chi connectivity index (χ4v) is 8.26. The van der Waals surface area contributed by atoms with E-state index < -0.39 is 87.4 Å². The summed E-state index contributed by atoms with van der Waals surface area (Å²) in [6.45, 7) is 0. The Kier molecular flexibility index (Phi) is 8.22. The van der Waals surface area contributed by atoms with Gasteiger partial charge in [0.1, 0.15) is 0 Å². The molecule has 0 radical (unpaired) electrons. The minimum absolute atomic E-state index is 0.124. The highest BCUT2D eigenvalue weighted by atomic mass is 33.1. The van der Waals surface area contributed by atoms with E-state index in [1.165, 1.54) is 0 Å². The second kappa shape index (κ2) is 8.62. The molecule has 1 heterocycles. The van der Waals surface area contributed by atoms with Gasteiger partial charge in [-0.1, -0.05) is 0 Å². The van der Waals surface area contributed by atoms with Crippen LogP contribution in [0, 0.1) is 0 Å². The van der Waals surface area contributed by atoms with Crippen LogP contribution in [0.3, 0.4) is 0 Å². The van der Waals surface area contributed by atoms with Crippen molar-refractivity contribution in [3.05, 3.63) is 18.3 Å². The van der Waals surface area contributed by atoms with Crippen LogP contribution in [-0.4, -0.2) is 22.0 Å². The molecule has 1 aliphatic rings. The third-order valence-corrected chi connectivity index (χ3v) is 8.88. The molecule has 0 amide bonds. The van der Waals surface area contributed by atoms with E-state index in [0.29, 0.717) is 0 Å². The number of hydrogen-bond donors (Lipinski definition) is 0. The van der Waals surface area contributed by atoms with Crippen LogP contribution < -0.4 is 0 Å². The summed E-state index contributed by atoms with van der Waals surface area (Å²) in [6.07, 6.45) is 0. The number of halogens is 12. The molecule has 18 heteroatoms. The summed E-state index contributed by atoms with van der Waals surface area (Å²) in [4.78, 5) is -3.14. The van der Waals surface area contributed by atoms with Crippen LogP contribution >= 0.6 is 68.6 Å². The summed E-state index contributed by atoms with van der Waals surface area (Å²) in [5.74, 6) is 0. The van der Waals surface area contributed by atoms with Gasteiger partial charge in [-0.25, -0.2) is 0 Å². The normalized spacial score (nSPS) is 18.0. The van der Waals surface area contributed by atoms with Crippen molar-refractivity contribution in [3.63, 3.8) is 0 Å². The zero-order chi connectivity index (χ0) is 20.6. The van der Waals surface area contributed by atoms with Crippen LogP contribution in [0.2, 0.25) is 0 Å². The molecule has 0 fully saturated rings. The molecule has 152 valence electrons. The van der Waals surface area contributed by atoms with Crippen molar-refractivity contribution in [3.8, 4) is 0 Å². The van der Waals surface area contributed by atoms with Crippen LogP contribution in [0.4, 0.5) is 52.7 Å². The highest BCUT2D eigenvalue weighted by Crippen LogP contribution is 2.65. The largest absolute Gasteiger partial charge is 0.446 e. The smallest absolute Gasteiger partial charge is 0.160 e. The topological polar surface area (TPSA) is 0 Å². The monoisotopic (exact) mass is 516 g/mol. The molecule has 0 spiro atoms. The van der Waals surface area contributed by atoms with E-state index in [1.807, 2.05) is 0 Å². The summed E-state index contributed by atoms with van der Waals surface area (Å²) in [7, 11) is -0.247. The molecule has 0 aromatic carbocycles. The molecule has 0 N–H and O–H groups in total. The van der Waals surface area contributed by atoms with Gasteiger partial charge >= 0.3 is 22.0 Å². The second-order valence-electron chi connectivity index (χ2n) is 3.59. The molecule has 0 aromatic rings. The van der Waals surface area contributed by atoms with E-state index in [4.69, 9.17) is 0 Å². The molecular formula is C8F12S6. The van der Waals surface area contributed by atoms with E-state index in [2.05, 4.69) is 0 Å². The van der Waals surface area contributed by atoms with E-state index >= 15 is 0 Å². The van der Waals surface area contributed by atoms with E-state index in [-0.39, 0.29) is 21.6 Å². The van der Waals surface area contributed by atoms with Crippen molar-refractivity contribution in [1.29, 1.82) is 0 Å². The number of thioether (sulfide) groups is 4. The third kappa shape index (κ3) is 9.79. The minimum Gasteiger partial charge on any atom is -0.160 e. The first kappa shape index (κ1) is 24.8. The van der Waals surface area contributed by atoms with Crippen LogP contribution in [0.15, 0.2) is 18.3 Å². The quantitative estimate of drug-likeness (QED) is 0.269. The molecule has 0 aliphatic carbocycles. The van der Waals surface area contributed by atoms with Crippen LogP contribution in [0.5, 0.6) is 0 Å². The number of hydrogen-bond acceptors (Lipinski definition) is 6. The van der Waals surface area contributed by atoms with Crippen LogP contribution in [-0.2, 0) is 0 Å². The lowest BCUT2D eigenvalue weighted by Crippen LogP contribution is -2.11. The highest BCUT2D eigenvalue weighted by Gasteiger charge is 2.45. The molecule has 0 unspecified atom stereocenters. The Morgan fingerprint density at radius 3 is 0.846 bits per heavy atom. The Labute approximate surface area is 161 Å². The zero-order valence-electron chi connectivity index (χ0n) is 11.0. The lowest BCUT2D eigenvalue weighted by Gasteiger charge is -2.25. The van der Waals surface area contributed by atoms with Gasteiger partial charge in [-0.2, -0.15) is 52.7 Å². The summed E-state index contributed by atoms with van der Waals surface area (Å²) < 4.78 is 148. The van der Waals surface area contributed by atoms with E-state index in [1.54, 1.807) is 0 Å². The molecule has 1 aliphatic heterocycles. The second-order valence-corrected chi connectivity index (χ2v) is 10.6. The van der Waals surface area contributed by atoms with Crippen molar-refractivity contribution >= 4 is 68.6 Å². The van der Waals surface area contributed by atoms with Crippen molar-refractivity contribution in [2.45, 2.75) is 22.0 Å². The minimum atomic E-state index is -5.32. The van der Waals surface area contributed by atoms with E-state index in [0.717, 1.165) is 0 Å². The Morgan fingerprint density at radius 1 is 0.423 bits per heavy atom. The highest BCUT2D eigenvalue weighted by molar-refractivity contribution is 8.83. The molecule has 1 rings (SSSR count). The van der Waals surface area contributed by atoms with Gasteiger partial charge in [0, 0.05) is 0 Å². The van der Waals surface area contributed by atoms with Crippen molar-refractivity contribution in [2.75, 3.05) is 0 Å². The third-order valence-electron chi connectivity index (χ3n) is 1.62. The Morgan fingerprint density at radius 2 is 0.654 bits per heavy atom. The van der Waals surface area contributed by atoms with Crippen LogP contribution in [0.1, 0.15) is 0 Å². The molecular weight excluding hydrogens is 516 g/mol. The molecule has 26 heavy (non-hydrogen) atoms. The summed E-state index contributed by atoms with van der Waals surface area (Å²) in [5.41, 5.74) is -20.9. The van der Waals surface area contributed by atoms with Gasteiger partial charge < -0.3 is 0 Å². The molecule has 0 atom stereocenters. The van der Waals surface area contributed by atoms with Crippen molar-refractivity contribution in [2.24, 2.45) is 0 Å². The van der Waals surface area contributed by atoms with Crippen molar-refractivity contribution < 1.29 is 52.7 Å².